The monoisotopic (exact) mass is 354 g/mol. The van der Waals surface area contributed by atoms with Crippen molar-refractivity contribution in [3.8, 4) is 0 Å². The highest BCUT2D eigenvalue weighted by molar-refractivity contribution is 6.30. The minimum atomic E-state index is 0. The number of nitrogens with zero attached hydrogens (tertiary/aromatic N) is 4. The maximum atomic E-state index is 12.5. The number of anilines is 1. The molecule has 23 heavy (non-hydrogen) atoms. The van der Waals surface area contributed by atoms with Gasteiger partial charge in [0.15, 0.2) is 0 Å². The SMILES string of the molecule is CCn1ccnc1N1CCN(C(=O)c2cccc(Cl)c2)CC1.Cl. The van der Waals surface area contributed by atoms with E-state index in [1.54, 1.807) is 12.1 Å². The fourth-order valence-corrected chi connectivity index (χ4v) is 2.94. The summed E-state index contributed by atoms with van der Waals surface area (Å²) in [5.74, 6) is 1.03. The summed E-state index contributed by atoms with van der Waals surface area (Å²) in [7, 11) is 0. The Bertz CT molecular complexity index is 666. The van der Waals surface area contributed by atoms with Gasteiger partial charge in [0, 0.05) is 55.7 Å². The first-order valence-electron chi connectivity index (χ1n) is 7.50. The number of hydrogen-bond donors (Lipinski definition) is 0. The van der Waals surface area contributed by atoms with Crippen molar-refractivity contribution < 1.29 is 4.79 Å². The first-order valence-corrected chi connectivity index (χ1v) is 7.87. The van der Waals surface area contributed by atoms with E-state index in [0.717, 1.165) is 25.6 Å². The van der Waals surface area contributed by atoms with Crippen LogP contribution in [0, 0.1) is 0 Å². The normalized spacial score (nSPS) is 14.5. The third-order valence-electron chi connectivity index (χ3n) is 3.96. The van der Waals surface area contributed by atoms with Crippen molar-refractivity contribution in [3.05, 3.63) is 47.2 Å². The van der Waals surface area contributed by atoms with Crippen LogP contribution in [0.5, 0.6) is 0 Å². The van der Waals surface area contributed by atoms with Gasteiger partial charge in [-0.1, -0.05) is 17.7 Å². The standard InChI is InChI=1S/C16H19ClN4O.ClH/c1-2-19-7-6-18-16(19)21-10-8-20(9-11-21)15(22)13-4-3-5-14(17)12-13;/h3-7,12H,2,8-11H2,1H3;1H. The summed E-state index contributed by atoms with van der Waals surface area (Å²) in [6, 6.07) is 7.12. The molecule has 0 bridgehead atoms. The number of imidazole rings is 1. The van der Waals surface area contributed by atoms with Gasteiger partial charge < -0.3 is 14.4 Å². The molecule has 0 saturated carbocycles. The second-order valence-corrected chi connectivity index (χ2v) is 5.74. The first-order chi connectivity index (χ1) is 10.7. The lowest BCUT2D eigenvalue weighted by Gasteiger charge is -2.35. The van der Waals surface area contributed by atoms with Crippen LogP contribution in [-0.2, 0) is 6.54 Å². The summed E-state index contributed by atoms with van der Waals surface area (Å²) in [6.45, 7) is 5.98. The Hall–Kier alpha value is -1.72. The van der Waals surface area contributed by atoms with E-state index < -0.39 is 0 Å². The van der Waals surface area contributed by atoms with E-state index in [-0.39, 0.29) is 18.3 Å². The molecule has 0 atom stereocenters. The molecule has 5 nitrogen and oxygen atoms in total. The fourth-order valence-electron chi connectivity index (χ4n) is 2.75. The number of piperazine rings is 1. The molecule has 1 fully saturated rings. The van der Waals surface area contributed by atoms with Crippen LogP contribution >= 0.6 is 24.0 Å². The second kappa shape index (κ2) is 7.70. The molecular weight excluding hydrogens is 335 g/mol. The molecule has 0 spiro atoms. The Labute approximate surface area is 147 Å². The summed E-state index contributed by atoms with van der Waals surface area (Å²) in [5, 5.41) is 0.592. The molecular formula is C16H20Cl2N4O. The highest BCUT2D eigenvalue weighted by Crippen LogP contribution is 2.17. The maximum absolute atomic E-state index is 12.5. The van der Waals surface area contributed by atoms with E-state index in [0.29, 0.717) is 23.7 Å². The van der Waals surface area contributed by atoms with E-state index >= 15 is 0 Å². The molecule has 0 aliphatic carbocycles. The molecule has 2 aromatic rings. The van der Waals surface area contributed by atoms with E-state index in [4.69, 9.17) is 11.6 Å². The Kier molecular flexibility index (Phi) is 5.91. The van der Waals surface area contributed by atoms with Crippen molar-refractivity contribution in [2.45, 2.75) is 13.5 Å². The lowest BCUT2D eigenvalue weighted by Crippen LogP contribution is -2.49. The molecule has 1 saturated heterocycles. The lowest BCUT2D eigenvalue weighted by atomic mass is 10.2. The summed E-state index contributed by atoms with van der Waals surface area (Å²) < 4.78 is 2.12. The van der Waals surface area contributed by atoms with Crippen molar-refractivity contribution in [2.75, 3.05) is 31.1 Å². The quantitative estimate of drug-likeness (QED) is 0.850. The van der Waals surface area contributed by atoms with Crippen LogP contribution in [0.2, 0.25) is 5.02 Å². The smallest absolute Gasteiger partial charge is 0.254 e. The first kappa shape index (κ1) is 17.6. The molecule has 2 heterocycles. The summed E-state index contributed by atoms with van der Waals surface area (Å²) in [4.78, 5) is 21.0. The van der Waals surface area contributed by atoms with Gasteiger partial charge in [-0.3, -0.25) is 4.79 Å². The number of benzene rings is 1. The zero-order valence-corrected chi connectivity index (χ0v) is 14.6. The maximum Gasteiger partial charge on any atom is 0.254 e. The Balaban J connectivity index is 0.00000192. The van der Waals surface area contributed by atoms with Crippen LogP contribution in [0.15, 0.2) is 36.7 Å². The summed E-state index contributed by atoms with van der Waals surface area (Å²) >= 11 is 5.96. The number of hydrogen-bond acceptors (Lipinski definition) is 3. The number of aryl methyl sites for hydroxylation is 1. The topological polar surface area (TPSA) is 41.4 Å². The molecule has 0 unspecified atom stereocenters. The number of rotatable bonds is 3. The highest BCUT2D eigenvalue weighted by atomic mass is 35.5. The van der Waals surface area contributed by atoms with Crippen LogP contribution < -0.4 is 4.90 Å². The Morgan fingerprint density at radius 2 is 2.00 bits per heavy atom. The predicted molar refractivity (Wildman–Crippen MR) is 94.7 cm³/mol. The summed E-state index contributed by atoms with van der Waals surface area (Å²) in [6.07, 6.45) is 3.81. The van der Waals surface area contributed by atoms with Gasteiger partial charge in [0.05, 0.1) is 0 Å². The molecule has 1 aromatic heterocycles. The predicted octanol–water partition coefficient (Wildman–Crippen LogP) is 2.94. The third-order valence-corrected chi connectivity index (χ3v) is 4.19. The fraction of sp³-hybridized carbons (Fsp3) is 0.375. The van der Waals surface area contributed by atoms with Gasteiger partial charge in [0.25, 0.3) is 5.91 Å². The second-order valence-electron chi connectivity index (χ2n) is 5.30. The van der Waals surface area contributed by atoms with Gasteiger partial charge in [-0.2, -0.15) is 0 Å². The van der Waals surface area contributed by atoms with Crippen molar-refractivity contribution in [3.63, 3.8) is 0 Å². The molecule has 7 heteroatoms. The summed E-state index contributed by atoms with van der Waals surface area (Å²) in [5.41, 5.74) is 0.649. The van der Waals surface area contributed by atoms with Crippen LogP contribution in [-0.4, -0.2) is 46.5 Å². The number of aromatic nitrogens is 2. The molecule has 1 aliphatic rings. The van der Waals surface area contributed by atoms with Gasteiger partial charge in [-0.25, -0.2) is 4.98 Å². The van der Waals surface area contributed by atoms with Crippen molar-refractivity contribution in [2.24, 2.45) is 0 Å². The lowest BCUT2D eigenvalue weighted by molar-refractivity contribution is 0.0746. The molecule has 1 amide bonds. The van der Waals surface area contributed by atoms with Crippen LogP contribution in [0.3, 0.4) is 0 Å². The third kappa shape index (κ3) is 3.79. The van der Waals surface area contributed by atoms with Crippen LogP contribution in [0.4, 0.5) is 5.95 Å². The van der Waals surface area contributed by atoms with Gasteiger partial charge >= 0.3 is 0 Å². The van der Waals surface area contributed by atoms with E-state index in [1.165, 1.54) is 0 Å². The zero-order chi connectivity index (χ0) is 15.5. The van der Waals surface area contributed by atoms with Gasteiger partial charge in [-0.15, -0.1) is 12.4 Å². The Morgan fingerprint density at radius 3 is 2.65 bits per heavy atom. The number of halogens is 2. The molecule has 124 valence electrons. The number of carbonyl (C=O) groups is 1. The average Bonchev–Trinajstić information content (AvgIpc) is 3.03. The van der Waals surface area contributed by atoms with E-state index in [1.807, 2.05) is 29.4 Å². The Morgan fingerprint density at radius 1 is 1.26 bits per heavy atom. The van der Waals surface area contributed by atoms with Gasteiger partial charge in [-0.05, 0) is 25.1 Å². The van der Waals surface area contributed by atoms with E-state index in [9.17, 15) is 4.79 Å². The molecule has 0 N–H and O–H groups in total. The van der Waals surface area contributed by atoms with Crippen molar-refractivity contribution >= 4 is 35.9 Å². The minimum Gasteiger partial charge on any atom is -0.339 e. The highest BCUT2D eigenvalue weighted by Gasteiger charge is 2.24. The van der Waals surface area contributed by atoms with Crippen LogP contribution in [0.1, 0.15) is 17.3 Å². The molecule has 1 aromatic carbocycles. The van der Waals surface area contributed by atoms with Crippen LogP contribution in [0.25, 0.3) is 0 Å². The minimum absolute atomic E-state index is 0. The number of amides is 1. The van der Waals surface area contributed by atoms with Gasteiger partial charge in [0.1, 0.15) is 0 Å². The van der Waals surface area contributed by atoms with Gasteiger partial charge in [0.2, 0.25) is 5.95 Å². The molecule has 1 aliphatic heterocycles. The largest absolute Gasteiger partial charge is 0.339 e. The van der Waals surface area contributed by atoms with Crippen molar-refractivity contribution in [1.82, 2.24) is 14.5 Å². The average molecular weight is 355 g/mol. The van der Waals surface area contributed by atoms with Crippen molar-refractivity contribution in [1.29, 1.82) is 0 Å². The van der Waals surface area contributed by atoms with E-state index in [2.05, 4.69) is 21.4 Å². The number of carbonyl (C=O) groups excluding carboxylic acids is 1. The zero-order valence-electron chi connectivity index (χ0n) is 13.0. The molecule has 3 rings (SSSR count). The molecule has 0 radical (unpaired) electrons.